The number of benzene rings is 3. The summed E-state index contributed by atoms with van der Waals surface area (Å²) >= 11 is 0. The number of anilines is 1. The van der Waals surface area contributed by atoms with Gasteiger partial charge in [-0.2, -0.15) is 4.31 Å². The number of amides is 1. The second-order valence-electron chi connectivity index (χ2n) is 9.36. The Morgan fingerprint density at radius 2 is 1.54 bits per heavy atom. The lowest BCUT2D eigenvalue weighted by atomic mass is 10.00. The van der Waals surface area contributed by atoms with E-state index in [4.69, 9.17) is 5.73 Å². The number of aliphatic hydroxyl groups excluding tert-OH is 1. The molecule has 1 amide bonds. The molecule has 0 aliphatic heterocycles. The van der Waals surface area contributed by atoms with Crippen LogP contribution in [0.25, 0.3) is 0 Å². The fourth-order valence-electron chi connectivity index (χ4n) is 3.93. The van der Waals surface area contributed by atoms with Gasteiger partial charge in [0.2, 0.25) is 10.0 Å². The molecule has 0 heterocycles. The highest BCUT2D eigenvalue weighted by Crippen LogP contribution is 2.22. The highest BCUT2D eigenvalue weighted by atomic mass is 32.2. The van der Waals surface area contributed by atoms with Crippen molar-refractivity contribution in [3.05, 3.63) is 83.9 Å². The van der Waals surface area contributed by atoms with E-state index in [0.29, 0.717) is 5.69 Å². The Hall–Kier alpha value is -3.60. The van der Waals surface area contributed by atoms with Gasteiger partial charge in [0, 0.05) is 30.4 Å². The minimum absolute atomic E-state index is 0.00343. The molecule has 0 aliphatic rings. The first-order valence-corrected chi connectivity index (χ1v) is 13.3. The third kappa shape index (κ3) is 7.69. The zero-order valence-corrected chi connectivity index (χ0v) is 21.6. The Kier molecular flexibility index (Phi) is 9.14. The van der Waals surface area contributed by atoms with Crippen LogP contribution in [0, 0.1) is 5.92 Å². The van der Waals surface area contributed by atoms with Gasteiger partial charge in [-0.25, -0.2) is 8.42 Å². The molecule has 0 spiro atoms. The minimum atomic E-state index is -3.97. The van der Waals surface area contributed by atoms with Crippen molar-refractivity contribution in [3.8, 4) is 11.5 Å². The van der Waals surface area contributed by atoms with Gasteiger partial charge in [0.1, 0.15) is 11.5 Å². The highest BCUT2D eigenvalue weighted by Gasteiger charge is 2.31. The molecular formula is C27H33N3O6S. The number of carbonyl (C=O) groups excluding carboxylic acids is 1. The molecule has 0 fully saturated rings. The van der Waals surface area contributed by atoms with E-state index < -0.39 is 28.1 Å². The van der Waals surface area contributed by atoms with Crippen LogP contribution in [-0.4, -0.2) is 59.2 Å². The number of phenolic OH excluding ortho intramolecular Hbond substituents is 2. The quantitative estimate of drug-likeness (QED) is 0.240. The van der Waals surface area contributed by atoms with Crippen molar-refractivity contribution in [3.63, 3.8) is 0 Å². The summed E-state index contributed by atoms with van der Waals surface area (Å²) in [6, 6.07) is 17.6. The first kappa shape index (κ1) is 28.0. The van der Waals surface area contributed by atoms with E-state index in [1.165, 1.54) is 40.7 Å². The lowest BCUT2D eigenvalue weighted by Crippen LogP contribution is -2.51. The molecule has 0 radical (unpaired) electrons. The largest absolute Gasteiger partial charge is 0.508 e. The summed E-state index contributed by atoms with van der Waals surface area (Å²) in [5.41, 5.74) is 6.96. The molecule has 0 unspecified atom stereocenters. The molecule has 37 heavy (non-hydrogen) atoms. The van der Waals surface area contributed by atoms with Crippen LogP contribution in [0.15, 0.2) is 77.7 Å². The van der Waals surface area contributed by atoms with Gasteiger partial charge in [0.25, 0.3) is 5.91 Å². The summed E-state index contributed by atoms with van der Waals surface area (Å²) in [4.78, 5) is 13.0. The lowest BCUT2D eigenvalue weighted by molar-refractivity contribution is 0.0775. The van der Waals surface area contributed by atoms with E-state index >= 15 is 0 Å². The maximum atomic E-state index is 13.4. The van der Waals surface area contributed by atoms with Crippen LogP contribution in [0.2, 0.25) is 0 Å². The van der Waals surface area contributed by atoms with Crippen molar-refractivity contribution in [2.45, 2.75) is 37.3 Å². The second-order valence-corrected chi connectivity index (χ2v) is 11.3. The van der Waals surface area contributed by atoms with Crippen LogP contribution in [0.3, 0.4) is 0 Å². The number of nitrogen functional groups attached to an aromatic ring is 1. The van der Waals surface area contributed by atoms with Gasteiger partial charge in [-0.15, -0.1) is 0 Å². The summed E-state index contributed by atoms with van der Waals surface area (Å²) in [5.74, 6) is -1.25. The minimum Gasteiger partial charge on any atom is -0.508 e. The van der Waals surface area contributed by atoms with Crippen LogP contribution in [0.1, 0.15) is 29.8 Å². The average molecular weight is 528 g/mol. The van der Waals surface area contributed by atoms with E-state index in [1.807, 2.05) is 44.2 Å². The lowest BCUT2D eigenvalue weighted by Gasteiger charge is -2.31. The van der Waals surface area contributed by atoms with Crippen LogP contribution in [0.4, 0.5) is 5.69 Å². The Balaban J connectivity index is 1.90. The second kappa shape index (κ2) is 12.1. The molecule has 0 bridgehead atoms. The molecular weight excluding hydrogens is 494 g/mol. The fraction of sp³-hybridized carbons (Fsp3) is 0.296. The van der Waals surface area contributed by atoms with Gasteiger partial charge in [-0.05, 0) is 54.3 Å². The number of phenols is 2. The summed E-state index contributed by atoms with van der Waals surface area (Å²) in [7, 11) is -3.97. The Morgan fingerprint density at radius 1 is 0.946 bits per heavy atom. The predicted octanol–water partition coefficient (Wildman–Crippen LogP) is 2.73. The van der Waals surface area contributed by atoms with Crippen LogP contribution >= 0.6 is 0 Å². The number of carbonyl (C=O) groups is 1. The van der Waals surface area contributed by atoms with Crippen molar-refractivity contribution in [2.24, 2.45) is 5.92 Å². The number of nitrogens with zero attached hydrogens (tertiary/aromatic N) is 1. The molecule has 198 valence electrons. The molecule has 6 N–H and O–H groups in total. The number of hydrogen-bond donors (Lipinski definition) is 5. The van der Waals surface area contributed by atoms with Crippen molar-refractivity contribution in [1.29, 1.82) is 0 Å². The maximum absolute atomic E-state index is 13.4. The molecule has 0 saturated carbocycles. The van der Waals surface area contributed by atoms with Crippen LogP contribution in [-0.2, 0) is 16.4 Å². The van der Waals surface area contributed by atoms with Gasteiger partial charge in [0.05, 0.1) is 17.0 Å². The van der Waals surface area contributed by atoms with Gasteiger partial charge < -0.3 is 26.4 Å². The summed E-state index contributed by atoms with van der Waals surface area (Å²) < 4.78 is 28.1. The predicted molar refractivity (Wildman–Crippen MR) is 142 cm³/mol. The molecule has 2 atom stereocenters. The first-order chi connectivity index (χ1) is 17.5. The molecule has 0 saturated heterocycles. The van der Waals surface area contributed by atoms with Gasteiger partial charge in [0.15, 0.2) is 0 Å². The number of aliphatic hydroxyl groups is 1. The van der Waals surface area contributed by atoms with E-state index in [2.05, 4.69) is 5.32 Å². The topological polar surface area (TPSA) is 153 Å². The molecule has 9 nitrogen and oxygen atoms in total. The van der Waals surface area contributed by atoms with E-state index in [0.717, 1.165) is 11.6 Å². The van der Waals surface area contributed by atoms with Gasteiger partial charge in [-0.1, -0.05) is 44.2 Å². The highest BCUT2D eigenvalue weighted by molar-refractivity contribution is 7.89. The summed E-state index contributed by atoms with van der Waals surface area (Å²) in [5, 5.41) is 33.6. The standard InChI is InChI=1S/C27H33N3O6S/c1-18(2)16-30(37(35,36)24-10-8-21(28)9-11-24)17-26(33)25(12-19-6-4-3-5-7-19)29-27(34)20-13-22(31)15-23(32)14-20/h3-11,13-15,18,25-26,31-33H,12,16-17,28H2,1-2H3,(H,29,34)/t25-,26+/m0/s1. The zero-order chi connectivity index (χ0) is 27.2. The Labute approximate surface area is 217 Å². The normalized spacial score (nSPS) is 13.4. The third-order valence-electron chi connectivity index (χ3n) is 5.72. The number of rotatable bonds is 11. The van der Waals surface area contributed by atoms with Crippen LogP contribution in [0.5, 0.6) is 11.5 Å². The third-order valence-corrected chi connectivity index (χ3v) is 7.57. The van der Waals surface area contributed by atoms with Crippen LogP contribution < -0.4 is 11.1 Å². The fourth-order valence-corrected chi connectivity index (χ4v) is 5.55. The average Bonchev–Trinajstić information content (AvgIpc) is 2.83. The molecule has 3 aromatic carbocycles. The number of aromatic hydroxyl groups is 2. The molecule has 3 aromatic rings. The van der Waals surface area contributed by atoms with E-state index in [1.54, 1.807) is 0 Å². The first-order valence-electron chi connectivity index (χ1n) is 11.9. The Bertz CT molecular complexity index is 1280. The van der Waals surface area contributed by atoms with E-state index in [-0.39, 0.29) is 47.4 Å². The molecule has 0 aromatic heterocycles. The monoisotopic (exact) mass is 527 g/mol. The molecule has 0 aliphatic carbocycles. The number of hydrogen-bond acceptors (Lipinski definition) is 7. The summed E-state index contributed by atoms with van der Waals surface area (Å²) in [6.07, 6.45) is -1.06. The maximum Gasteiger partial charge on any atom is 0.251 e. The van der Waals surface area contributed by atoms with Crippen molar-refractivity contribution in [1.82, 2.24) is 9.62 Å². The van der Waals surface area contributed by atoms with E-state index in [9.17, 15) is 28.5 Å². The SMILES string of the molecule is CC(C)CN(C[C@@H](O)[C@H](Cc1ccccc1)NC(=O)c1cc(O)cc(O)c1)S(=O)(=O)c1ccc(N)cc1. The van der Waals surface area contributed by atoms with Crippen molar-refractivity contribution < 1.29 is 28.5 Å². The van der Waals surface area contributed by atoms with Crippen molar-refractivity contribution in [2.75, 3.05) is 18.8 Å². The Morgan fingerprint density at radius 3 is 2.11 bits per heavy atom. The summed E-state index contributed by atoms with van der Waals surface area (Å²) in [6.45, 7) is 3.62. The van der Waals surface area contributed by atoms with Crippen molar-refractivity contribution >= 4 is 21.6 Å². The van der Waals surface area contributed by atoms with Gasteiger partial charge in [-0.3, -0.25) is 4.79 Å². The zero-order valence-electron chi connectivity index (χ0n) is 20.8. The molecule has 3 rings (SSSR count). The molecule has 10 heteroatoms. The number of sulfonamides is 1. The number of nitrogens with two attached hydrogens (primary N) is 1. The smallest absolute Gasteiger partial charge is 0.251 e. The number of nitrogens with one attached hydrogen (secondary N) is 1. The van der Waals surface area contributed by atoms with Gasteiger partial charge >= 0.3 is 0 Å².